The molecule has 0 aromatic rings. The van der Waals surface area contributed by atoms with Crippen molar-refractivity contribution < 1.29 is 27.5 Å². The van der Waals surface area contributed by atoms with Crippen LogP contribution in [0.2, 0.25) is 0 Å². The van der Waals surface area contributed by atoms with E-state index in [1.807, 2.05) is 0 Å². The Bertz CT molecular complexity index is 330. The third-order valence-corrected chi connectivity index (χ3v) is 2.87. The SMILES string of the molecule is COC(=O)CCN(CC(F)(F)F)C(=O)CC1CNC1. The van der Waals surface area contributed by atoms with E-state index in [0.29, 0.717) is 18.0 Å². The van der Waals surface area contributed by atoms with E-state index >= 15 is 0 Å². The van der Waals surface area contributed by atoms with Gasteiger partial charge < -0.3 is 15.0 Å². The van der Waals surface area contributed by atoms with Gasteiger partial charge in [0.25, 0.3) is 0 Å². The summed E-state index contributed by atoms with van der Waals surface area (Å²) in [5.41, 5.74) is 0. The highest BCUT2D eigenvalue weighted by Crippen LogP contribution is 2.19. The molecule has 0 bridgehead atoms. The lowest BCUT2D eigenvalue weighted by atomic mass is 9.98. The minimum absolute atomic E-state index is 0.0737. The average Bonchev–Trinajstić information content (AvgIpc) is 2.26. The fourth-order valence-electron chi connectivity index (χ4n) is 1.71. The maximum Gasteiger partial charge on any atom is 0.406 e. The van der Waals surface area contributed by atoms with Crippen LogP contribution in [0, 0.1) is 5.92 Å². The third-order valence-electron chi connectivity index (χ3n) is 2.87. The number of esters is 1. The summed E-state index contributed by atoms with van der Waals surface area (Å²) in [6, 6.07) is 0. The lowest BCUT2D eigenvalue weighted by Gasteiger charge is -2.30. The van der Waals surface area contributed by atoms with Crippen molar-refractivity contribution in [1.82, 2.24) is 10.2 Å². The number of hydrogen-bond donors (Lipinski definition) is 1. The van der Waals surface area contributed by atoms with Gasteiger partial charge in [0.15, 0.2) is 0 Å². The summed E-state index contributed by atoms with van der Waals surface area (Å²) < 4.78 is 41.5. The molecule has 8 heteroatoms. The monoisotopic (exact) mass is 282 g/mol. The predicted octanol–water partition coefficient (Wildman–Crippen LogP) is 0.550. The fraction of sp³-hybridized carbons (Fsp3) is 0.818. The molecule has 1 aliphatic rings. The first-order chi connectivity index (χ1) is 8.81. The van der Waals surface area contributed by atoms with Crippen LogP contribution in [0.4, 0.5) is 13.2 Å². The molecule has 0 unspecified atom stereocenters. The zero-order valence-electron chi connectivity index (χ0n) is 10.6. The number of rotatable bonds is 6. The van der Waals surface area contributed by atoms with Crippen molar-refractivity contribution in [3.05, 3.63) is 0 Å². The van der Waals surface area contributed by atoms with Gasteiger partial charge in [0, 0.05) is 13.0 Å². The normalized spacial score (nSPS) is 15.8. The number of nitrogens with zero attached hydrogens (tertiary/aromatic N) is 1. The van der Waals surface area contributed by atoms with Gasteiger partial charge in [-0.2, -0.15) is 13.2 Å². The van der Waals surface area contributed by atoms with Crippen molar-refractivity contribution in [2.24, 2.45) is 5.92 Å². The van der Waals surface area contributed by atoms with E-state index in [9.17, 15) is 22.8 Å². The number of amides is 1. The molecule has 0 aliphatic carbocycles. The highest BCUT2D eigenvalue weighted by molar-refractivity contribution is 5.77. The Morgan fingerprint density at radius 3 is 2.42 bits per heavy atom. The molecular weight excluding hydrogens is 265 g/mol. The minimum atomic E-state index is -4.47. The van der Waals surface area contributed by atoms with Gasteiger partial charge >= 0.3 is 12.1 Å². The van der Waals surface area contributed by atoms with E-state index in [1.54, 1.807) is 0 Å². The van der Waals surface area contributed by atoms with Gasteiger partial charge in [-0.05, 0) is 19.0 Å². The van der Waals surface area contributed by atoms with E-state index < -0.39 is 24.6 Å². The second kappa shape index (κ2) is 6.74. The van der Waals surface area contributed by atoms with E-state index in [2.05, 4.69) is 10.1 Å². The van der Waals surface area contributed by atoms with Crippen LogP contribution >= 0.6 is 0 Å². The van der Waals surface area contributed by atoms with Crippen LogP contribution in [0.5, 0.6) is 0 Å². The van der Waals surface area contributed by atoms with Crippen molar-refractivity contribution in [2.75, 3.05) is 33.3 Å². The first-order valence-corrected chi connectivity index (χ1v) is 5.94. The standard InChI is InChI=1S/C11H17F3N2O3/c1-19-10(18)2-3-16(7-11(12,13)14)9(17)4-8-5-15-6-8/h8,15H,2-7H2,1H3. The number of carbonyl (C=O) groups excluding carboxylic acids is 2. The lowest BCUT2D eigenvalue weighted by molar-refractivity contribution is -0.163. The predicted molar refractivity (Wildman–Crippen MR) is 60.2 cm³/mol. The summed E-state index contributed by atoms with van der Waals surface area (Å²) in [6.45, 7) is -0.320. The average molecular weight is 282 g/mol. The number of methoxy groups -OCH3 is 1. The van der Waals surface area contributed by atoms with Crippen LogP contribution in [0.1, 0.15) is 12.8 Å². The molecule has 1 N–H and O–H groups in total. The van der Waals surface area contributed by atoms with Crippen LogP contribution in [0.25, 0.3) is 0 Å². The molecule has 1 saturated heterocycles. The van der Waals surface area contributed by atoms with Gasteiger partial charge in [0.1, 0.15) is 6.54 Å². The molecule has 1 fully saturated rings. The lowest BCUT2D eigenvalue weighted by Crippen LogP contribution is -2.47. The first-order valence-electron chi connectivity index (χ1n) is 5.94. The molecule has 1 aliphatic heterocycles. The molecule has 0 atom stereocenters. The zero-order valence-corrected chi connectivity index (χ0v) is 10.6. The Labute approximate surface area is 109 Å². The number of carbonyl (C=O) groups is 2. The van der Waals surface area contributed by atoms with E-state index in [0.717, 1.165) is 7.11 Å². The minimum Gasteiger partial charge on any atom is -0.469 e. The van der Waals surface area contributed by atoms with Crippen molar-refractivity contribution >= 4 is 11.9 Å². The van der Waals surface area contributed by atoms with Crippen LogP contribution in [-0.2, 0) is 14.3 Å². The van der Waals surface area contributed by atoms with Crippen LogP contribution in [0.3, 0.4) is 0 Å². The van der Waals surface area contributed by atoms with Crippen molar-refractivity contribution in [2.45, 2.75) is 19.0 Å². The Hall–Kier alpha value is -1.31. The second-order valence-corrected chi connectivity index (χ2v) is 4.49. The van der Waals surface area contributed by atoms with Crippen molar-refractivity contribution in [3.8, 4) is 0 Å². The number of hydrogen-bond acceptors (Lipinski definition) is 4. The smallest absolute Gasteiger partial charge is 0.406 e. The van der Waals surface area contributed by atoms with Crippen LogP contribution < -0.4 is 5.32 Å². The topological polar surface area (TPSA) is 58.6 Å². The van der Waals surface area contributed by atoms with Crippen LogP contribution in [-0.4, -0.2) is 56.2 Å². The third kappa shape index (κ3) is 5.91. The summed E-state index contributed by atoms with van der Waals surface area (Å²) >= 11 is 0. The Morgan fingerprint density at radius 1 is 1.37 bits per heavy atom. The van der Waals surface area contributed by atoms with E-state index in [-0.39, 0.29) is 25.3 Å². The van der Waals surface area contributed by atoms with E-state index in [4.69, 9.17) is 0 Å². The number of ether oxygens (including phenoxy) is 1. The maximum absolute atomic E-state index is 12.4. The summed E-state index contributed by atoms with van der Waals surface area (Å²) in [6.07, 6.45) is -4.63. The Kier molecular flexibility index (Phi) is 5.59. The fourth-order valence-corrected chi connectivity index (χ4v) is 1.71. The summed E-state index contributed by atoms with van der Waals surface area (Å²) in [4.78, 5) is 23.4. The van der Waals surface area contributed by atoms with Gasteiger partial charge in [-0.3, -0.25) is 9.59 Å². The summed E-state index contributed by atoms with van der Waals surface area (Å²) in [5.74, 6) is -1.13. The Morgan fingerprint density at radius 2 is 2.00 bits per heavy atom. The summed E-state index contributed by atoms with van der Waals surface area (Å²) in [7, 11) is 1.15. The van der Waals surface area contributed by atoms with Gasteiger partial charge in [0.05, 0.1) is 13.5 Å². The molecule has 0 radical (unpaired) electrons. The van der Waals surface area contributed by atoms with Crippen molar-refractivity contribution in [1.29, 1.82) is 0 Å². The molecule has 110 valence electrons. The van der Waals surface area contributed by atoms with Crippen molar-refractivity contribution in [3.63, 3.8) is 0 Å². The molecule has 5 nitrogen and oxygen atoms in total. The quantitative estimate of drug-likeness (QED) is 0.723. The number of nitrogens with one attached hydrogen (secondary N) is 1. The molecule has 1 heterocycles. The van der Waals surface area contributed by atoms with Gasteiger partial charge in [-0.25, -0.2) is 0 Å². The molecule has 1 rings (SSSR count). The molecule has 0 aromatic heterocycles. The molecule has 0 saturated carbocycles. The number of halogens is 3. The van der Waals surface area contributed by atoms with Crippen LogP contribution in [0.15, 0.2) is 0 Å². The second-order valence-electron chi connectivity index (χ2n) is 4.49. The molecule has 1 amide bonds. The Balaban J connectivity index is 2.51. The van der Waals surface area contributed by atoms with Gasteiger partial charge in [-0.15, -0.1) is 0 Å². The maximum atomic E-state index is 12.4. The molecule has 0 aromatic carbocycles. The van der Waals surface area contributed by atoms with Gasteiger partial charge in [0.2, 0.25) is 5.91 Å². The molecule has 0 spiro atoms. The highest BCUT2D eigenvalue weighted by Gasteiger charge is 2.34. The van der Waals surface area contributed by atoms with E-state index in [1.165, 1.54) is 0 Å². The first kappa shape index (κ1) is 15.7. The number of alkyl halides is 3. The molecular formula is C11H17F3N2O3. The largest absolute Gasteiger partial charge is 0.469 e. The van der Waals surface area contributed by atoms with Gasteiger partial charge in [-0.1, -0.05) is 0 Å². The highest BCUT2D eigenvalue weighted by atomic mass is 19.4. The zero-order chi connectivity index (χ0) is 14.5. The summed E-state index contributed by atoms with van der Waals surface area (Å²) in [5, 5.41) is 2.95. The molecule has 19 heavy (non-hydrogen) atoms.